The van der Waals surface area contributed by atoms with Gasteiger partial charge >= 0.3 is 0 Å². The van der Waals surface area contributed by atoms with Crippen LogP contribution in [0.15, 0.2) is 46.9 Å². The monoisotopic (exact) mass is 385 g/mol. The van der Waals surface area contributed by atoms with Gasteiger partial charge in [0.15, 0.2) is 11.5 Å². The summed E-state index contributed by atoms with van der Waals surface area (Å²) in [6.07, 6.45) is 1.59. The maximum absolute atomic E-state index is 9.79. The summed E-state index contributed by atoms with van der Waals surface area (Å²) < 4.78 is 15.7. The third-order valence-electron chi connectivity index (χ3n) is 3.77. The van der Waals surface area contributed by atoms with Gasteiger partial charge < -0.3 is 19.3 Å². The first-order valence-corrected chi connectivity index (χ1v) is 8.86. The molecule has 1 heterocycles. The fourth-order valence-electron chi connectivity index (χ4n) is 2.41. The van der Waals surface area contributed by atoms with Crippen LogP contribution in [0.5, 0.6) is 23.0 Å². The van der Waals surface area contributed by atoms with E-state index in [2.05, 4.69) is 15.5 Å². The molecule has 2 aromatic carbocycles. The zero-order valence-corrected chi connectivity index (χ0v) is 15.9. The van der Waals surface area contributed by atoms with E-state index in [-0.39, 0.29) is 5.75 Å². The molecule has 0 saturated heterocycles. The van der Waals surface area contributed by atoms with Gasteiger partial charge in [-0.2, -0.15) is 5.10 Å². The van der Waals surface area contributed by atoms with E-state index >= 15 is 0 Å². The van der Waals surface area contributed by atoms with Crippen LogP contribution < -0.4 is 19.6 Å². The van der Waals surface area contributed by atoms with Crippen LogP contribution in [0.3, 0.4) is 0 Å². The minimum Gasteiger partial charge on any atom is -0.504 e. The van der Waals surface area contributed by atoms with Gasteiger partial charge in [0.2, 0.25) is 5.13 Å². The number of rotatable bonds is 7. The van der Waals surface area contributed by atoms with Crippen LogP contribution >= 0.6 is 11.3 Å². The van der Waals surface area contributed by atoms with Crippen molar-refractivity contribution < 1.29 is 19.3 Å². The molecule has 0 unspecified atom stereocenters. The Hall–Kier alpha value is -3.26. The summed E-state index contributed by atoms with van der Waals surface area (Å²) in [6.45, 7) is 0. The second kappa shape index (κ2) is 8.41. The van der Waals surface area contributed by atoms with E-state index in [0.717, 1.165) is 22.6 Å². The highest BCUT2D eigenvalue weighted by Crippen LogP contribution is 2.34. The summed E-state index contributed by atoms with van der Waals surface area (Å²) in [7, 11) is 4.72. The number of nitrogens with one attached hydrogen (secondary N) is 1. The Kier molecular flexibility index (Phi) is 5.77. The number of aromatic nitrogens is 1. The lowest BCUT2D eigenvalue weighted by Crippen LogP contribution is -1.92. The number of ether oxygens (including phenoxy) is 3. The van der Waals surface area contributed by atoms with Gasteiger partial charge in [0.1, 0.15) is 11.5 Å². The van der Waals surface area contributed by atoms with E-state index in [1.54, 1.807) is 38.6 Å². The second-order valence-corrected chi connectivity index (χ2v) is 6.26. The largest absolute Gasteiger partial charge is 0.504 e. The third-order valence-corrected chi connectivity index (χ3v) is 4.51. The molecule has 0 bridgehead atoms. The normalized spacial score (nSPS) is 10.8. The Morgan fingerprint density at radius 1 is 1.04 bits per heavy atom. The van der Waals surface area contributed by atoms with Crippen molar-refractivity contribution in [3.05, 3.63) is 47.3 Å². The van der Waals surface area contributed by atoms with Crippen molar-refractivity contribution in [3.8, 4) is 34.3 Å². The molecule has 3 rings (SSSR count). The van der Waals surface area contributed by atoms with Crippen molar-refractivity contribution >= 4 is 22.7 Å². The van der Waals surface area contributed by atoms with Crippen LogP contribution in [0.2, 0.25) is 0 Å². The molecule has 8 heteroatoms. The fraction of sp³-hybridized carbons (Fsp3) is 0.158. The fourth-order valence-corrected chi connectivity index (χ4v) is 3.07. The minimum atomic E-state index is 0.0598. The quantitative estimate of drug-likeness (QED) is 0.473. The number of phenolic OH excluding ortho intramolecular Hbond substituents is 1. The number of hydrazone groups is 1. The van der Waals surface area contributed by atoms with Crippen molar-refractivity contribution in [3.63, 3.8) is 0 Å². The number of hydrogen-bond donors (Lipinski definition) is 2. The molecule has 0 spiro atoms. The Bertz CT molecular complexity index is 956. The molecule has 0 aliphatic rings. The Balaban J connectivity index is 1.72. The number of thiazole rings is 1. The van der Waals surface area contributed by atoms with E-state index in [0.29, 0.717) is 16.6 Å². The summed E-state index contributed by atoms with van der Waals surface area (Å²) in [5.74, 6) is 1.88. The molecule has 7 nitrogen and oxygen atoms in total. The van der Waals surface area contributed by atoms with E-state index in [1.807, 2.05) is 23.6 Å². The first kappa shape index (κ1) is 18.5. The smallest absolute Gasteiger partial charge is 0.203 e. The second-order valence-electron chi connectivity index (χ2n) is 5.41. The average Bonchev–Trinajstić information content (AvgIpc) is 3.16. The molecule has 1 aromatic heterocycles. The van der Waals surface area contributed by atoms with Gasteiger partial charge in [-0.25, -0.2) is 4.98 Å². The van der Waals surface area contributed by atoms with Crippen LogP contribution in [0.25, 0.3) is 11.3 Å². The molecule has 27 heavy (non-hydrogen) atoms. The standard InChI is InChI=1S/C19H19N3O4S/c1-24-13-5-6-14(18(9-13)26-3)15-11-27-19(21-15)22-20-10-12-4-7-17(25-2)16(23)8-12/h4-11,23H,1-3H3,(H,21,22)/b20-10-. The van der Waals surface area contributed by atoms with Gasteiger partial charge in [0.05, 0.1) is 33.2 Å². The SMILES string of the molecule is COc1ccc(-c2csc(N/N=C\c3ccc(OC)c(O)c3)n2)c(OC)c1. The number of methoxy groups -OCH3 is 3. The van der Waals surface area contributed by atoms with Crippen molar-refractivity contribution in [2.75, 3.05) is 26.8 Å². The molecule has 0 aliphatic heterocycles. The van der Waals surface area contributed by atoms with Crippen LogP contribution in [0.4, 0.5) is 5.13 Å². The number of hydrogen-bond acceptors (Lipinski definition) is 8. The van der Waals surface area contributed by atoms with E-state index in [9.17, 15) is 5.11 Å². The van der Waals surface area contributed by atoms with Gasteiger partial charge in [-0.05, 0) is 35.9 Å². The lowest BCUT2D eigenvalue weighted by atomic mass is 10.1. The number of nitrogens with zero attached hydrogens (tertiary/aromatic N) is 2. The van der Waals surface area contributed by atoms with Crippen molar-refractivity contribution in [2.24, 2.45) is 5.10 Å². The number of benzene rings is 2. The predicted octanol–water partition coefficient (Wildman–Crippen LogP) is 3.99. The molecule has 0 aliphatic carbocycles. The molecular weight excluding hydrogens is 366 g/mol. The minimum absolute atomic E-state index is 0.0598. The van der Waals surface area contributed by atoms with Crippen LogP contribution in [-0.4, -0.2) is 37.6 Å². The highest BCUT2D eigenvalue weighted by Gasteiger charge is 2.11. The Morgan fingerprint density at radius 3 is 2.56 bits per heavy atom. The maximum Gasteiger partial charge on any atom is 0.203 e. The predicted molar refractivity (Wildman–Crippen MR) is 107 cm³/mol. The van der Waals surface area contributed by atoms with Gasteiger partial charge in [-0.15, -0.1) is 11.3 Å². The maximum atomic E-state index is 9.79. The van der Waals surface area contributed by atoms with Crippen molar-refractivity contribution in [1.29, 1.82) is 0 Å². The number of phenols is 1. The lowest BCUT2D eigenvalue weighted by Gasteiger charge is -2.08. The van der Waals surface area contributed by atoms with Crippen LogP contribution in [0.1, 0.15) is 5.56 Å². The van der Waals surface area contributed by atoms with Crippen LogP contribution in [0, 0.1) is 0 Å². The molecular formula is C19H19N3O4S. The van der Waals surface area contributed by atoms with E-state index in [1.165, 1.54) is 18.4 Å². The number of aromatic hydroxyl groups is 1. The molecule has 0 amide bonds. The molecule has 140 valence electrons. The highest BCUT2D eigenvalue weighted by atomic mass is 32.1. The molecule has 0 radical (unpaired) electrons. The summed E-state index contributed by atoms with van der Waals surface area (Å²) in [5.41, 5.74) is 5.27. The molecule has 3 aromatic rings. The van der Waals surface area contributed by atoms with Gasteiger partial charge in [-0.1, -0.05) is 0 Å². The molecule has 0 fully saturated rings. The molecule has 0 atom stereocenters. The molecule has 2 N–H and O–H groups in total. The summed E-state index contributed by atoms with van der Waals surface area (Å²) in [4.78, 5) is 4.52. The van der Waals surface area contributed by atoms with Gasteiger partial charge in [-0.3, -0.25) is 5.43 Å². The zero-order valence-electron chi connectivity index (χ0n) is 15.1. The number of anilines is 1. The third kappa shape index (κ3) is 4.29. The highest BCUT2D eigenvalue weighted by molar-refractivity contribution is 7.14. The van der Waals surface area contributed by atoms with Crippen molar-refractivity contribution in [1.82, 2.24) is 4.98 Å². The van der Waals surface area contributed by atoms with Gasteiger partial charge in [0, 0.05) is 17.0 Å². The topological polar surface area (TPSA) is 85.2 Å². The first-order valence-electron chi connectivity index (χ1n) is 7.98. The first-order chi connectivity index (χ1) is 13.1. The summed E-state index contributed by atoms with van der Waals surface area (Å²) in [5, 5.41) is 16.5. The van der Waals surface area contributed by atoms with Crippen molar-refractivity contribution in [2.45, 2.75) is 0 Å². The van der Waals surface area contributed by atoms with Gasteiger partial charge in [0.25, 0.3) is 0 Å². The lowest BCUT2D eigenvalue weighted by molar-refractivity contribution is 0.373. The Labute approximate surface area is 160 Å². The average molecular weight is 385 g/mol. The van der Waals surface area contributed by atoms with E-state index < -0.39 is 0 Å². The van der Waals surface area contributed by atoms with Crippen LogP contribution in [-0.2, 0) is 0 Å². The summed E-state index contributed by atoms with van der Waals surface area (Å²) in [6, 6.07) is 10.6. The molecule has 0 saturated carbocycles. The van der Waals surface area contributed by atoms with E-state index in [4.69, 9.17) is 14.2 Å². The Morgan fingerprint density at radius 2 is 1.85 bits per heavy atom. The summed E-state index contributed by atoms with van der Waals surface area (Å²) >= 11 is 1.43. The zero-order chi connectivity index (χ0) is 19.2.